The normalized spacial score (nSPS) is 12.3. The van der Waals surface area contributed by atoms with Gasteiger partial charge in [0.1, 0.15) is 4.21 Å². The number of esters is 1. The van der Waals surface area contributed by atoms with Crippen LogP contribution in [0.5, 0.6) is 0 Å². The molecule has 0 spiro atoms. The Morgan fingerprint density at radius 1 is 1.14 bits per heavy atom. The highest BCUT2D eigenvalue weighted by Gasteiger charge is 2.17. The van der Waals surface area contributed by atoms with Gasteiger partial charge in [0.15, 0.2) is 6.61 Å². The fourth-order valence-electron chi connectivity index (χ4n) is 2.53. The van der Waals surface area contributed by atoms with E-state index >= 15 is 0 Å². The Kier molecular flexibility index (Phi) is 8.62. The van der Waals surface area contributed by atoms with Crippen LogP contribution in [-0.2, 0) is 24.3 Å². The molecule has 2 N–H and O–H groups in total. The summed E-state index contributed by atoms with van der Waals surface area (Å²) >= 11 is 1.09. The molecule has 1 atom stereocenters. The smallest absolute Gasteiger partial charge is 0.307 e. The molecule has 0 saturated heterocycles. The summed E-state index contributed by atoms with van der Waals surface area (Å²) in [6, 6.07) is 12.6. The average molecular weight is 425 g/mol. The molecule has 1 heterocycles. The maximum atomic E-state index is 12.1. The van der Waals surface area contributed by atoms with Gasteiger partial charge in [-0.3, -0.25) is 9.59 Å². The van der Waals surface area contributed by atoms with E-state index in [9.17, 15) is 18.0 Å². The highest BCUT2D eigenvalue weighted by molar-refractivity contribution is 7.91. The van der Waals surface area contributed by atoms with Crippen molar-refractivity contribution in [3.8, 4) is 0 Å². The molecule has 0 fully saturated rings. The summed E-state index contributed by atoms with van der Waals surface area (Å²) in [5.74, 6) is -1.04. The van der Waals surface area contributed by atoms with Crippen molar-refractivity contribution in [2.75, 3.05) is 13.2 Å². The summed E-state index contributed by atoms with van der Waals surface area (Å²) in [6.07, 6.45) is 1.51. The number of carbonyl (C=O) groups excluding carboxylic acids is 2. The SMILES string of the molecule is CCCC(NC(=O)COC(=O)CCNS(=O)(=O)c1cccs1)c1ccccc1. The number of rotatable bonds is 11. The van der Waals surface area contributed by atoms with Crippen LogP contribution >= 0.6 is 11.3 Å². The molecule has 0 aliphatic carbocycles. The van der Waals surface area contributed by atoms with Crippen LogP contribution in [0.15, 0.2) is 52.1 Å². The highest BCUT2D eigenvalue weighted by Crippen LogP contribution is 2.18. The molecule has 1 aromatic carbocycles. The molecule has 0 aliphatic rings. The van der Waals surface area contributed by atoms with Gasteiger partial charge in [-0.05, 0) is 23.4 Å². The van der Waals surface area contributed by atoms with Gasteiger partial charge in [0.2, 0.25) is 10.0 Å². The van der Waals surface area contributed by atoms with E-state index in [2.05, 4.69) is 10.0 Å². The fraction of sp³-hybridized carbons (Fsp3) is 0.368. The monoisotopic (exact) mass is 424 g/mol. The molecule has 0 aliphatic heterocycles. The van der Waals surface area contributed by atoms with Gasteiger partial charge >= 0.3 is 5.97 Å². The lowest BCUT2D eigenvalue weighted by Gasteiger charge is -2.18. The van der Waals surface area contributed by atoms with Crippen LogP contribution in [-0.4, -0.2) is 33.4 Å². The Balaban J connectivity index is 1.73. The fourth-order valence-corrected chi connectivity index (χ4v) is 4.59. The molecule has 7 nitrogen and oxygen atoms in total. The molecule has 0 bridgehead atoms. The molecule has 1 unspecified atom stereocenters. The Bertz CT molecular complexity index is 852. The van der Waals surface area contributed by atoms with E-state index in [0.717, 1.165) is 29.7 Å². The number of hydrogen-bond acceptors (Lipinski definition) is 6. The van der Waals surface area contributed by atoms with Crippen molar-refractivity contribution < 1.29 is 22.7 Å². The van der Waals surface area contributed by atoms with Crippen LogP contribution in [0.2, 0.25) is 0 Å². The maximum Gasteiger partial charge on any atom is 0.307 e. The molecular formula is C19H24N2O5S2. The number of nitrogens with one attached hydrogen (secondary N) is 2. The second-order valence-corrected chi connectivity index (χ2v) is 9.00. The van der Waals surface area contributed by atoms with Crippen molar-refractivity contribution in [3.63, 3.8) is 0 Å². The zero-order valence-electron chi connectivity index (χ0n) is 15.6. The first-order valence-electron chi connectivity index (χ1n) is 8.95. The van der Waals surface area contributed by atoms with E-state index in [0.29, 0.717) is 0 Å². The third-order valence-electron chi connectivity index (χ3n) is 3.86. The summed E-state index contributed by atoms with van der Waals surface area (Å²) in [5, 5.41) is 4.52. The third kappa shape index (κ3) is 7.06. The molecule has 2 aromatic rings. The molecule has 2 rings (SSSR count). The van der Waals surface area contributed by atoms with Gasteiger partial charge in [0, 0.05) is 6.54 Å². The van der Waals surface area contributed by atoms with Gasteiger partial charge in [-0.2, -0.15) is 0 Å². The molecule has 152 valence electrons. The van der Waals surface area contributed by atoms with Crippen molar-refractivity contribution in [2.45, 2.75) is 36.4 Å². The van der Waals surface area contributed by atoms with Crippen LogP contribution in [0.1, 0.15) is 37.8 Å². The van der Waals surface area contributed by atoms with Gasteiger partial charge in [-0.1, -0.05) is 49.7 Å². The van der Waals surface area contributed by atoms with Crippen molar-refractivity contribution in [1.82, 2.24) is 10.0 Å². The minimum atomic E-state index is -3.62. The third-order valence-corrected chi connectivity index (χ3v) is 6.72. The predicted molar refractivity (Wildman–Crippen MR) is 107 cm³/mol. The lowest BCUT2D eigenvalue weighted by Crippen LogP contribution is -2.33. The molecule has 28 heavy (non-hydrogen) atoms. The predicted octanol–water partition coefficient (Wildman–Crippen LogP) is 2.62. The largest absolute Gasteiger partial charge is 0.456 e. The molecule has 0 saturated carbocycles. The quantitative estimate of drug-likeness (QED) is 0.540. The number of ether oxygens (including phenoxy) is 1. The second-order valence-electron chi connectivity index (χ2n) is 6.06. The molecular weight excluding hydrogens is 400 g/mol. The molecule has 9 heteroatoms. The van der Waals surface area contributed by atoms with Gasteiger partial charge in [-0.25, -0.2) is 13.1 Å². The summed E-state index contributed by atoms with van der Waals surface area (Å²) in [5.41, 5.74) is 0.993. The van der Waals surface area contributed by atoms with Crippen LogP contribution < -0.4 is 10.0 Å². The van der Waals surface area contributed by atoms with Gasteiger partial charge in [0.25, 0.3) is 5.91 Å². The number of sulfonamides is 1. The molecule has 1 aromatic heterocycles. The number of carbonyl (C=O) groups is 2. The van der Waals surface area contributed by atoms with Crippen molar-refractivity contribution in [1.29, 1.82) is 0 Å². The topological polar surface area (TPSA) is 102 Å². The van der Waals surface area contributed by atoms with Crippen LogP contribution in [0.25, 0.3) is 0 Å². The zero-order chi connectivity index (χ0) is 20.4. The summed E-state index contributed by atoms with van der Waals surface area (Å²) < 4.78 is 31.3. The van der Waals surface area contributed by atoms with Crippen LogP contribution in [0.4, 0.5) is 0 Å². The number of hydrogen-bond donors (Lipinski definition) is 2. The van der Waals surface area contributed by atoms with Gasteiger partial charge in [-0.15, -0.1) is 11.3 Å². The van der Waals surface area contributed by atoms with E-state index in [1.807, 2.05) is 37.3 Å². The van der Waals surface area contributed by atoms with Crippen molar-refractivity contribution in [3.05, 3.63) is 53.4 Å². The second kappa shape index (κ2) is 10.9. The average Bonchev–Trinajstić information content (AvgIpc) is 3.22. The summed E-state index contributed by atoms with van der Waals surface area (Å²) in [4.78, 5) is 23.9. The standard InChI is InChI=1S/C19H24N2O5S2/c1-2-7-16(15-8-4-3-5-9-15)21-17(22)14-26-18(23)11-12-20-28(24,25)19-10-6-13-27-19/h3-6,8-10,13,16,20H,2,7,11-12,14H2,1H3,(H,21,22). The first-order chi connectivity index (χ1) is 13.4. The lowest BCUT2D eigenvalue weighted by molar-refractivity contribution is -0.148. The Labute approximate surface area is 169 Å². The van der Waals surface area contributed by atoms with E-state index in [-0.39, 0.29) is 23.2 Å². The number of thiophene rings is 1. The zero-order valence-corrected chi connectivity index (χ0v) is 17.2. The number of benzene rings is 1. The van der Waals surface area contributed by atoms with E-state index in [1.165, 1.54) is 6.07 Å². The van der Waals surface area contributed by atoms with Gasteiger partial charge in [0.05, 0.1) is 12.5 Å². The molecule has 1 amide bonds. The molecule has 0 radical (unpaired) electrons. The maximum absolute atomic E-state index is 12.1. The first-order valence-corrected chi connectivity index (χ1v) is 11.3. The van der Waals surface area contributed by atoms with Crippen molar-refractivity contribution >= 4 is 33.2 Å². The first kappa shape index (κ1) is 22.1. The number of amides is 1. The van der Waals surface area contributed by atoms with Crippen LogP contribution in [0.3, 0.4) is 0 Å². The van der Waals surface area contributed by atoms with E-state index in [4.69, 9.17) is 4.74 Å². The Morgan fingerprint density at radius 2 is 1.89 bits per heavy atom. The van der Waals surface area contributed by atoms with E-state index < -0.39 is 28.5 Å². The lowest BCUT2D eigenvalue weighted by atomic mass is 10.0. The summed E-state index contributed by atoms with van der Waals surface area (Å²) in [7, 11) is -3.62. The highest BCUT2D eigenvalue weighted by atomic mass is 32.2. The van der Waals surface area contributed by atoms with E-state index in [1.54, 1.807) is 11.4 Å². The van der Waals surface area contributed by atoms with Crippen molar-refractivity contribution in [2.24, 2.45) is 0 Å². The Hall–Kier alpha value is -2.23. The van der Waals surface area contributed by atoms with Crippen LogP contribution in [0, 0.1) is 0 Å². The Morgan fingerprint density at radius 3 is 2.54 bits per heavy atom. The summed E-state index contributed by atoms with van der Waals surface area (Å²) in [6.45, 7) is 1.53. The minimum absolute atomic E-state index is 0.0941. The van der Waals surface area contributed by atoms with Gasteiger partial charge < -0.3 is 10.1 Å². The minimum Gasteiger partial charge on any atom is -0.456 e.